The minimum atomic E-state index is -0.316. The van der Waals surface area contributed by atoms with Gasteiger partial charge in [0, 0.05) is 6.42 Å². The Kier molecular flexibility index (Phi) is 2.84. The highest BCUT2D eigenvalue weighted by Crippen LogP contribution is 2.34. The van der Waals surface area contributed by atoms with Crippen LogP contribution >= 0.6 is 0 Å². The monoisotopic (exact) mass is 144 g/mol. The summed E-state index contributed by atoms with van der Waals surface area (Å²) in [6.45, 7) is -0.316. The summed E-state index contributed by atoms with van der Waals surface area (Å²) in [5, 5.41) is 0. The topological polar surface area (TPSA) is 17.1 Å². The zero-order valence-electron chi connectivity index (χ0n) is 6.05. The summed E-state index contributed by atoms with van der Waals surface area (Å²) in [4.78, 5) is 10.1. The highest BCUT2D eigenvalue weighted by Gasteiger charge is 2.26. The van der Waals surface area contributed by atoms with Crippen molar-refractivity contribution in [2.75, 3.05) is 6.67 Å². The van der Waals surface area contributed by atoms with E-state index < -0.39 is 0 Å². The van der Waals surface area contributed by atoms with E-state index in [2.05, 4.69) is 0 Å². The van der Waals surface area contributed by atoms with Crippen molar-refractivity contribution in [1.82, 2.24) is 0 Å². The normalized spacial score (nSPS) is 21.7. The van der Waals surface area contributed by atoms with E-state index in [0.29, 0.717) is 12.3 Å². The van der Waals surface area contributed by atoms with E-state index >= 15 is 0 Å². The van der Waals surface area contributed by atoms with Crippen LogP contribution in [0.3, 0.4) is 0 Å². The predicted molar refractivity (Wildman–Crippen MR) is 37.5 cm³/mol. The second-order valence-corrected chi connectivity index (χ2v) is 3.01. The fourth-order valence-electron chi connectivity index (χ4n) is 1.42. The van der Waals surface area contributed by atoms with Crippen molar-refractivity contribution in [3.63, 3.8) is 0 Å². The van der Waals surface area contributed by atoms with Gasteiger partial charge in [-0.2, -0.15) is 0 Å². The van der Waals surface area contributed by atoms with E-state index in [1.807, 2.05) is 0 Å². The van der Waals surface area contributed by atoms with Gasteiger partial charge in [-0.05, 0) is 11.8 Å². The number of hydrogen-bond acceptors (Lipinski definition) is 1. The average Bonchev–Trinajstić information content (AvgIpc) is 1.83. The van der Waals surface area contributed by atoms with E-state index in [0.717, 1.165) is 19.1 Å². The number of aldehydes is 1. The van der Waals surface area contributed by atoms with E-state index in [4.69, 9.17) is 0 Å². The second kappa shape index (κ2) is 3.69. The fraction of sp³-hybridized carbons (Fsp3) is 0.875. The van der Waals surface area contributed by atoms with Crippen LogP contribution in [0.15, 0.2) is 0 Å². The number of alkyl halides is 1. The van der Waals surface area contributed by atoms with Crippen LogP contribution in [0, 0.1) is 11.8 Å². The molecule has 0 aromatic rings. The molecule has 1 fully saturated rings. The molecule has 1 unspecified atom stereocenters. The molecule has 2 heteroatoms. The van der Waals surface area contributed by atoms with Gasteiger partial charge >= 0.3 is 0 Å². The predicted octanol–water partition coefficient (Wildman–Crippen LogP) is 1.96. The van der Waals surface area contributed by atoms with Crippen molar-refractivity contribution < 1.29 is 9.18 Å². The molecule has 1 aliphatic carbocycles. The van der Waals surface area contributed by atoms with Gasteiger partial charge in [0.25, 0.3) is 0 Å². The van der Waals surface area contributed by atoms with Crippen molar-refractivity contribution in [3.05, 3.63) is 0 Å². The van der Waals surface area contributed by atoms with Crippen LogP contribution in [0.2, 0.25) is 0 Å². The van der Waals surface area contributed by atoms with Crippen LogP contribution in [0.25, 0.3) is 0 Å². The molecule has 0 aliphatic heterocycles. The Morgan fingerprint density at radius 2 is 2.30 bits per heavy atom. The van der Waals surface area contributed by atoms with Gasteiger partial charge in [-0.3, -0.25) is 4.39 Å². The first-order chi connectivity index (χ1) is 4.88. The largest absolute Gasteiger partial charge is 0.303 e. The number of carbonyl (C=O) groups excluding carboxylic acids is 1. The molecule has 0 aromatic carbocycles. The summed E-state index contributed by atoms with van der Waals surface area (Å²) in [5.41, 5.74) is 0. The quantitative estimate of drug-likeness (QED) is 0.551. The summed E-state index contributed by atoms with van der Waals surface area (Å²) in [6.07, 6.45) is 4.73. The summed E-state index contributed by atoms with van der Waals surface area (Å²) >= 11 is 0. The summed E-state index contributed by atoms with van der Waals surface area (Å²) in [5.74, 6) is 0.543. The average molecular weight is 144 g/mol. The van der Waals surface area contributed by atoms with Crippen molar-refractivity contribution in [1.29, 1.82) is 0 Å². The van der Waals surface area contributed by atoms with Crippen LogP contribution in [-0.4, -0.2) is 13.0 Å². The molecule has 0 N–H and O–H groups in total. The van der Waals surface area contributed by atoms with Crippen molar-refractivity contribution >= 4 is 6.29 Å². The maximum Gasteiger partial charge on any atom is 0.120 e. The van der Waals surface area contributed by atoms with Crippen LogP contribution in [0.4, 0.5) is 4.39 Å². The maximum atomic E-state index is 12.2. The van der Waals surface area contributed by atoms with Gasteiger partial charge in [0.1, 0.15) is 6.29 Å². The molecule has 1 saturated carbocycles. The first-order valence-corrected chi connectivity index (χ1v) is 3.88. The standard InChI is InChI=1S/C8H13FO/c9-6-8(4-5-10)7-2-1-3-7/h5,7-8H,1-4,6H2. The molecule has 1 nitrogen and oxygen atoms in total. The van der Waals surface area contributed by atoms with Gasteiger partial charge in [-0.15, -0.1) is 0 Å². The molecule has 0 saturated heterocycles. The zero-order chi connectivity index (χ0) is 7.40. The number of carbonyl (C=O) groups is 1. The Balaban J connectivity index is 2.23. The van der Waals surface area contributed by atoms with E-state index in [9.17, 15) is 9.18 Å². The van der Waals surface area contributed by atoms with E-state index in [-0.39, 0.29) is 12.6 Å². The molecule has 0 spiro atoms. The molecule has 0 radical (unpaired) electrons. The third-order valence-electron chi connectivity index (χ3n) is 2.41. The van der Waals surface area contributed by atoms with Crippen LogP contribution in [0.1, 0.15) is 25.7 Å². The Morgan fingerprint density at radius 1 is 1.60 bits per heavy atom. The lowest BCUT2D eigenvalue weighted by atomic mass is 9.75. The molecular formula is C8H13FO. The van der Waals surface area contributed by atoms with Crippen molar-refractivity contribution in [2.24, 2.45) is 11.8 Å². The Hall–Kier alpha value is -0.400. The molecule has 1 atom stereocenters. The van der Waals surface area contributed by atoms with Crippen molar-refractivity contribution in [3.8, 4) is 0 Å². The number of rotatable bonds is 4. The molecule has 58 valence electrons. The van der Waals surface area contributed by atoms with Crippen LogP contribution in [0.5, 0.6) is 0 Å². The second-order valence-electron chi connectivity index (χ2n) is 3.01. The zero-order valence-corrected chi connectivity index (χ0v) is 6.05. The van der Waals surface area contributed by atoms with Crippen LogP contribution in [-0.2, 0) is 4.79 Å². The summed E-state index contributed by atoms with van der Waals surface area (Å²) in [6, 6.07) is 0. The van der Waals surface area contributed by atoms with Crippen LogP contribution < -0.4 is 0 Å². The maximum absolute atomic E-state index is 12.2. The summed E-state index contributed by atoms with van der Waals surface area (Å²) < 4.78 is 12.2. The lowest BCUT2D eigenvalue weighted by molar-refractivity contribution is -0.109. The fourth-order valence-corrected chi connectivity index (χ4v) is 1.42. The molecule has 0 aromatic heterocycles. The number of halogens is 1. The molecular weight excluding hydrogens is 131 g/mol. The Bertz CT molecular complexity index is 110. The van der Waals surface area contributed by atoms with Gasteiger partial charge in [0.05, 0.1) is 6.67 Å². The lowest BCUT2D eigenvalue weighted by Crippen LogP contribution is -2.23. The highest BCUT2D eigenvalue weighted by atomic mass is 19.1. The molecule has 1 rings (SSSR count). The van der Waals surface area contributed by atoms with Gasteiger partial charge in [0.15, 0.2) is 0 Å². The molecule has 0 heterocycles. The SMILES string of the molecule is O=CCC(CF)C1CCC1. The highest BCUT2D eigenvalue weighted by molar-refractivity contribution is 5.49. The smallest absolute Gasteiger partial charge is 0.120 e. The van der Waals surface area contributed by atoms with Crippen molar-refractivity contribution in [2.45, 2.75) is 25.7 Å². The Labute approximate surface area is 60.6 Å². The lowest BCUT2D eigenvalue weighted by Gasteiger charge is -2.30. The first kappa shape index (κ1) is 7.70. The molecule has 0 amide bonds. The number of hydrogen-bond donors (Lipinski definition) is 0. The van der Waals surface area contributed by atoms with E-state index in [1.54, 1.807) is 0 Å². The minimum Gasteiger partial charge on any atom is -0.303 e. The minimum absolute atomic E-state index is 0.0336. The first-order valence-electron chi connectivity index (χ1n) is 3.88. The van der Waals surface area contributed by atoms with Gasteiger partial charge in [-0.25, -0.2) is 0 Å². The van der Waals surface area contributed by atoms with Gasteiger partial charge in [-0.1, -0.05) is 19.3 Å². The van der Waals surface area contributed by atoms with Gasteiger partial charge in [0.2, 0.25) is 0 Å². The molecule has 1 aliphatic rings. The third-order valence-corrected chi connectivity index (χ3v) is 2.41. The third kappa shape index (κ3) is 1.55. The van der Waals surface area contributed by atoms with Gasteiger partial charge < -0.3 is 4.79 Å². The molecule has 10 heavy (non-hydrogen) atoms. The summed E-state index contributed by atoms with van der Waals surface area (Å²) in [7, 11) is 0. The molecule has 0 bridgehead atoms. The van der Waals surface area contributed by atoms with E-state index in [1.165, 1.54) is 6.42 Å². The Morgan fingerprint density at radius 3 is 2.60 bits per heavy atom.